The Morgan fingerprint density at radius 2 is 1.56 bits per heavy atom. The molecule has 9 heteroatoms. The zero-order chi connectivity index (χ0) is 24.3. The summed E-state index contributed by atoms with van der Waals surface area (Å²) >= 11 is 0. The van der Waals surface area contributed by atoms with Gasteiger partial charge in [0.1, 0.15) is 0 Å². The molecule has 4 rings (SSSR count). The van der Waals surface area contributed by atoms with Crippen molar-refractivity contribution in [1.29, 1.82) is 0 Å². The minimum Gasteiger partial charge on any atom is -0.320 e. The van der Waals surface area contributed by atoms with Crippen LogP contribution in [-0.4, -0.2) is 31.2 Å². The lowest BCUT2D eigenvalue weighted by Crippen LogP contribution is -2.27. The van der Waals surface area contributed by atoms with Crippen LogP contribution in [0, 0.1) is 6.92 Å². The van der Waals surface area contributed by atoms with E-state index in [4.69, 9.17) is 0 Å². The van der Waals surface area contributed by atoms with E-state index >= 15 is 0 Å². The van der Waals surface area contributed by atoms with Crippen LogP contribution in [0.5, 0.6) is 0 Å². The Labute approximate surface area is 197 Å². The van der Waals surface area contributed by atoms with E-state index in [2.05, 4.69) is 10.4 Å². The highest BCUT2D eigenvalue weighted by atomic mass is 32.2. The number of nitrogens with one attached hydrogen (secondary N) is 1. The molecule has 0 aliphatic carbocycles. The van der Waals surface area contributed by atoms with Crippen molar-refractivity contribution in [2.75, 3.05) is 16.7 Å². The van der Waals surface area contributed by atoms with E-state index in [1.165, 1.54) is 52.6 Å². The number of amides is 1. The number of carbonyl (C=O) groups excluding carboxylic acids is 1. The summed E-state index contributed by atoms with van der Waals surface area (Å²) < 4.78 is 28.5. The molecule has 0 saturated heterocycles. The molecule has 1 N–H and O–H groups in total. The Morgan fingerprint density at radius 1 is 0.912 bits per heavy atom. The number of carbonyl (C=O) groups is 1. The number of nitrogens with zero attached hydrogens (tertiary/aromatic N) is 3. The summed E-state index contributed by atoms with van der Waals surface area (Å²) in [6, 6.07) is 23.2. The smallest absolute Gasteiger partial charge is 0.280 e. The van der Waals surface area contributed by atoms with Gasteiger partial charge in [-0.1, -0.05) is 35.9 Å². The third kappa shape index (κ3) is 4.74. The van der Waals surface area contributed by atoms with Gasteiger partial charge in [-0.25, -0.2) is 13.1 Å². The number of hydrogen-bond acceptors (Lipinski definition) is 5. The second kappa shape index (κ2) is 9.32. The molecule has 4 aromatic rings. The molecule has 172 valence electrons. The van der Waals surface area contributed by atoms with Crippen molar-refractivity contribution in [3.05, 3.63) is 113 Å². The Hall–Kier alpha value is -4.24. The molecule has 1 heterocycles. The van der Waals surface area contributed by atoms with Crippen LogP contribution >= 0.6 is 0 Å². The van der Waals surface area contributed by atoms with Crippen molar-refractivity contribution >= 4 is 27.3 Å². The van der Waals surface area contributed by atoms with E-state index in [0.29, 0.717) is 17.1 Å². The van der Waals surface area contributed by atoms with Crippen molar-refractivity contribution in [1.82, 2.24) is 9.78 Å². The lowest BCUT2D eigenvalue weighted by molar-refractivity contribution is 0.101. The quantitative estimate of drug-likeness (QED) is 0.460. The zero-order valence-corrected chi connectivity index (χ0v) is 19.4. The largest absolute Gasteiger partial charge is 0.320 e. The Balaban J connectivity index is 1.54. The van der Waals surface area contributed by atoms with Crippen molar-refractivity contribution in [2.24, 2.45) is 0 Å². The number of rotatable bonds is 6. The van der Waals surface area contributed by atoms with E-state index < -0.39 is 21.4 Å². The van der Waals surface area contributed by atoms with Crippen molar-refractivity contribution < 1.29 is 13.2 Å². The number of para-hydroxylation sites is 1. The summed E-state index contributed by atoms with van der Waals surface area (Å²) in [4.78, 5) is 25.1. The summed E-state index contributed by atoms with van der Waals surface area (Å²) in [5.74, 6) is -0.691. The van der Waals surface area contributed by atoms with E-state index in [1.54, 1.807) is 30.3 Å². The van der Waals surface area contributed by atoms with Gasteiger partial charge in [-0.2, -0.15) is 5.10 Å². The first-order valence-corrected chi connectivity index (χ1v) is 11.8. The van der Waals surface area contributed by atoms with E-state index in [1.807, 2.05) is 31.2 Å². The number of aryl methyl sites for hydroxylation is 1. The molecular weight excluding hydrogens is 452 g/mol. The first-order chi connectivity index (χ1) is 16.3. The molecule has 0 atom stereocenters. The van der Waals surface area contributed by atoms with Gasteiger partial charge in [0.25, 0.3) is 15.9 Å². The van der Waals surface area contributed by atoms with E-state index in [-0.39, 0.29) is 10.6 Å². The topological polar surface area (TPSA) is 101 Å². The lowest BCUT2D eigenvalue weighted by atomic mass is 10.2. The van der Waals surface area contributed by atoms with Crippen molar-refractivity contribution in [3.8, 4) is 5.69 Å². The molecule has 0 spiro atoms. The molecule has 1 amide bonds. The van der Waals surface area contributed by atoms with Gasteiger partial charge in [0.05, 0.1) is 16.3 Å². The molecular formula is C25H22N4O4S. The highest BCUT2D eigenvalue weighted by Crippen LogP contribution is 2.23. The third-order valence-electron chi connectivity index (χ3n) is 5.21. The molecule has 0 saturated carbocycles. The van der Waals surface area contributed by atoms with Gasteiger partial charge in [0.2, 0.25) is 5.43 Å². The number of aromatic nitrogens is 2. The number of hydrogen-bond donors (Lipinski definition) is 1. The van der Waals surface area contributed by atoms with Crippen LogP contribution in [-0.2, 0) is 10.0 Å². The fourth-order valence-corrected chi connectivity index (χ4v) is 4.44. The number of sulfonamides is 1. The Kier molecular flexibility index (Phi) is 6.29. The van der Waals surface area contributed by atoms with Crippen LogP contribution in [0.2, 0.25) is 0 Å². The average Bonchev–Trinajstić information content (AvgIpc) is 2.85. The Morgan fingerprint density at radius 3 is 2.21 bits per heavy atom. The minimum absolute atomic E-state index is 0.0661. The molecule has 0 fully saturated rings. The van der Waals surface area contributed by atoms with Crippen LogP contribution in [0.3, 0.4) is 0 Å². The van der Waals surface area contributed by atoms with E-state index in [0.717, 1.165) is 5.56 Å². The van der Waals surface area contributed by atoms with Crippen LogP contribution in [0.15, 0.2) is 101 Å². The highest BCUT2D eigenvalue weighted by Gasteiger charge is 2.21. The molecule has 0 aliphatic heterocycles. The van der Waals surface area contributed by atoms with Gasteiger partial charge in [-0.3, -0.25) is 13.9 Å². The van der Waals surface area contributed by atoms with Crippen LogP contribution in [0.1, 0.15) is 16.1 Å². The minimum atomic E-state index is -3.78. The molecule has 0 bridgehead atoms. The molecule has 0 radical (unpaired) electrons. The Bertz CT molecular complexity index is 1480. The second-order valence-corrected chi connectivity index (χ2v) is 9.56. The average molecular weight is 475 g/mol. The molecule has 3 aromatic carbocycles. The maximum atomic E-state index is 12.9. The van der Waals surface area contributed by atoms with Crippen LogP contribution in [0.4, 0.5) is 11.4 Å². The van der Waals surface area contributed by atoms with Crippen molar-refractivity contribution in [3.63, 3.8) is 0 Å². The summed E-state index contributed by atoms with van der Waals surface area (Å²) in [7, 11) is -2.31. The summed E-state index contributed by atoms with van der Waals surface area (Å²) in [5.41, 5.74) is 1.84. The molecule has 8 nitrogen and oxygen atoms in total. The predicted octanol–water partition coefficient (Wildman–Crippen LogP) is 3.62. The standard InChI is InChI=1S/C25H22N4O4S/c1-18-8-12-21(13-9-18)29-17-16-23(30)24(27-29)25(31)26-19-10-14-22(15-11-19)34(32,33)28(2)20-6-4-3-5-7-20/h3-17H,1-2H3,(H,26,31). The van der Waals surface area contributed by atoms with Gasteiger partial charge >= 0.3 is 0 Å². The summed E-state index contributed by atoms with van der Waals surface area (Å²) in [5, 5.41) is 6.77. The fourth-order valence-electron chi connectivity index (χ4n) is 3.24. The van der Waals surface area contributed by atoms with Crippen LogP contribution < -0.4 is 15.1 Å². The lowest BCUT2D eigenvalue weighted by Gasteiger charge is -2.19. The normalized spacial score (nSPS) is 11.1. The summed E-state index contributed by atoms with van der Waals surface area (Å²) in [6.07, 6.45) is 1.49. The van der Waals surface area contributed by atoms with Gasteiger partial charge < -0.3 is 5.32 Å². The van der Waals surface area contributed by atoms with Crippen LogP contribution in [0.25, 0.3) is 5.69 Å². The molecule has 34 heavy (non-hydrogen) atoms. The third-order valence-corrected chi connectivity index (χ3v) is 7.01. The molecule has 0 aliphatic rings. The van der Waals surface area contributed by atoms with Gasteiger partial charge in [-0.05, 0) is 55.5 Å². The fraction of sp³-hybridized carbons (Fsp3) is 0.0800. The van der Waals surface area contributed by atoms with Gasteiger partial charge in [0, 0.05) is 25.0 Å². The maximum absolute atomic E-state index is 12.9. The maximum Gasteiger partial charge on any atom is 0.280 e. The first kappa shape index (κ1) is 22.9. The van der Waals surface area contributed by atoms with E-state index in [9.17, 15) is 18.0 Å². The zero-order valence-electron chi connectivity index (χ0n) is 18.5. The summed E-state index contributed by atoms with van der Waals surface area (Å²) in [6.45, 7) is 1.96. The number of anilines is 2. The first-order valence-electron chi connectivity index (χ1n) is 10.4. The monoisotopic (exact) mass is 474 g/mol. The highest BCUT2D eigenvalue weighted by molar-refractivity contribution is 7.92. The number of benzene rings is 3. The predicted molar refractivity (Wildman–Crippen MR) is 131 cm³/mol. The molecule has 1 aromatic heterocycles. The second-order valence-electron chi connectivity index (χ2n) is 7.60. The SMILES string of the molecule is Cc1ccc(-n2ccc(=O)c(C(=O)Nc3ccc(S(=O)(=O)N(C)c4ccccc4)cc3)n2)cc1. The van der Waals surface area contributed by atoms with Gasteiger partial charge in [-0.15, -0.1) is 0 Å². The van der Waals surface area contributed by atoms with Gasteiger partial charge in [0.15, 0.2) is 5.69 Å². The van der Waals surface area contributed by atoms with Crippen molar-refractivity contribution in [2.45, 2.75) is 11.8 Å². The molecule has 0 unspecified atom stereocenters.